The fraction of sp³-hybridized carbons (Fsp3) is 0.250. The fourth-order valence-corrected chi connectivity index (χ4v) is 3.49. The van der Waals surface area contributed by atoms with Crippen molar-refractivity contribution < 1.29 is 0 Å². The van der Waals surface area contributed by atoms with Gasteiger partial charge in [0.15, 0.2) is 0 Å². The molecule has 0 aromatic heterocycles. The Hall–Kier alpha value is -3.13. The van der Waals surface area contributed by atoms with E-state index in [0.29, 0.717) is 0 Å². The Morgan fingerprint density at radius 2 is 1.20 bits per heavy atom. The molecule has 0 amide bonds. The van der Waals surface area contributed by atoms with Crippen LogP contribution >= 0.6 is 0 Å². The van der Waals surface area contributed by atoms with Gasteiger partial charge in [0.25, 0.3) is 0 Å². The van der Waals surface area contributed by atoms with E-state index in [1.807, 2.05) is 0 Å². The molecule has 156 valence electrons. The lowest BCUT2D eigenvalue weighted by Crippen LogP contribution is -2.18. The molecule has 1 aliphatic rings. The second-order valence-electron chi connectivity index (χ2n) is 7.65. The Labute approximate surface area is 182 Å². The van der Waals surface area contributed by atoms with Crippen LogP contribution in [0.15, 0.2) is 84.0 Å². The lowest BCUT2D eigenvalue weighted by atomic mass is 9.99. The Morgan fingerprint density at radius 3 is 1.77 bits per heavy atom. The van der Waals surface area contributed by atoms with Crippen LogP contribution in [0.2, 0.25) is 0 Å². The maximum atomic E-state index is 4.96. The highest BCUT2D eigenvalue weighted by molar-refractivity contribution is 6.01. The largest absolute Gasteiger partial charge is 0.257 e. The van der Waals surface area contributed by atoms with Crippen molar-refractivity contribution in [3.8, 4) is 0 Å². The number of hydrogen-bond acceptors (Lipinski definition) is 2. The highest BCUT2D eigenvalue weighted by atomic mass is 15.5. The summed E-state index contributed by atoms with van der Waals surface area (Å²) in [4.78, 5) is 0. The van der Waals surface area contributed by atoms with Crippen LogP contribution in [0.25, 0.3) is 6.08 Å². The molecule has 2 heteroatoms. The molecule has 1 unspecified atom stereocenters. The number of benzene rings is 3. The van der Waals surface area contributed by atoms with E-state index < -0.39 is 0 Å². The molecule has 3 aromatic rings. The van der Waals surface area contributed by atoms with Gasteiger partial charge in [-0.2, -0.15) is 5.10 Å². The van der Waals surface area contributed by atoms with Crippen molar-refractivity contribution in [1.82, 2.24) is 0 Å². The molecule has 0 bridgehead atoms. The lowest BCUT2D eigenvalue weighted by Gasteiger charge is -2.24. The molecule has 0 saturated carbocycles. The van der Waals surface area contributed by atoms with Gasteiger partial charge in [-0.25, -0.2) is 0 Å². The molecule has 0 fully saturated rings. The van der Waals surface area contributed by atoms with Crippen LogP contribution in [0.3, 0.4) is 0 Å². The number of hydrogen-bond donors (Lipinski definition) is 0. The number of nitrogens with zero attached hydrogens (tertiary/aromatic N) is 2. The summed E-state index contributed by atoms with van der Waals surface area (Å²) < 4.78 is 0. The number of hydrazone groups is 1. The normalized spacial score (nSPS) is 15.5. The molecule has 1 heterocycles. The topological polar surface area (TPSA) is 15.6 Å². The molecule has 2 nitrogen and oxygen atoms in total. The quantitative estimate of drug-likeness (QED) is 0.436. The van der Waals surface area contributed by atoms with Crippen LogP contribution in [0.4, 0.5) is 5.69 Å². The van der Waals surface area contributed by atoms with E-state index in [1.165, 1.54) is 27.8 Å². The van der Waals surface area contributed by atoms with Crippen LogP contribution in [0.1, 0.15) is 55.1 Å². The highest BCUT2D eigenvalue weighted by Gasteiger charge is 2.28. The third kappa shape index (κ3) is 5.27. The summed E-state index contributed by atoms with van der Waals surface area (Å²) in [6.07, 6.45) is 5.21. The van der Waals surface area contributed by atoms with E-state index in [-0.39, 0.29) is 20.9 Å². The zero-order chi connectivity index (χ0) is 19.5. The molecule has 0 radical (unpaired) electrons. The van der Waals surface area contributed by atoms with Gasteiger partial charge in [-0.3, -0.25) is 5.01 Å². The van der Waals surface area contributed by atoms with E-state index in [9.17, 15) is 0 Å². The second-order valence-corrected chi connectivity index (χ2v) is 7.65. The smallest absolute Gasteiger partial charge is 0.0831 e. The molecule has 0 aliphatic carbocycles. The number of allylic oxidation sites excluding steroid dienone is 1. The molecule has 30 heavy (non-hydrogen) atoms. The molecule has 4 rings (SSSR count). The van der Waals surface area contributed by atoms with Gasteiger partial charge in [0.1, 0.15) is 0 Å². The summed E-state index contributed by atoms with van der Waals surface area (Å²) in [7, 11) is 0. The molecule has 1 aliphatic heterocycles. The number of anilines is 1. The van der Waals surface area contributed by atoms with Crippen LogP contribution in [0.5, 0.6) is 0 Å². The van der Waals surface area contributed by atoms with Gasteiger partial charge in [-0.05, 0) is 50.1 Å². The van der Waals surface area contributed by atoms with Gasteiger partial charge in [-0.1, -0.05) is 98.3 Å². The van der Waals surface area contributed by atoms with Gasteiger partial charge < -0.3 is 0 Å². The van der Waals surface area contributed by atoms with Gasteiger partial charge in [-0.15, -0.1) is 0 Å². The molecule has 3 aromatic carbocycles. The first kappa shape index (κ1) is 23.2. The van der Waals surface area contributed by atoms with Gasteiger partial charge in [0.05, 0.1) is 17.4 Å². The minimum absolute atomic E-state index is 0. The zero-order valence-corrected chi connectivity index (χ0v) is 16.8. The van der Waals surface area contributed by atoms with Crippen molar-refractivity contribution in [2.24, 2.45) is 5.10 Å². The zero-order valence-electron chi connectivity index (χ0n) is 16.8. The Balaban J connectivity index is 0.00000160. The monoisotopic (exact) mass is 398 g/mol. The lowest BCUT2D eigenvalue weighted by molar-refractivity contribution is 0.709. The third-order valence-electron chi connectivity index (χ3n) is 5.24. The van der Waals surface area contributed by atoms with E-state index in [2.05, 4.69) is 111 Å². The van der Waals surface area contributed by atoms with Crippen LogP contribution in [-0.4, -0.2) is 5.71 Å². The van der Waals surface area contributed by atoms with Crippen molar-refractivity contribution in [1.29, 1.82) is 0 Å². The summed E-state index contributed by atoms with van der Waals surface area (Å²) in [6.45, 7) is 6.35. The second kappa shape index (κ2) is 10.1. The van der Waals surface area contributed by atoms with Crippen molar-refractivity contribution in [3.63, 3.8) is 0 Å². The average Bonchev–Trinajstić information content (AvgIpc) is 3.13. The van der Waals surface area contributed by atoms with E-state index in [1.54, 1.807) is 0 Å². The Bertz CT molecular complexity index is 994. The standard InChI is InChI=1S/C26H26N2.2CH4/c1-19-4-10-22(11-5-19)12-15-24-18-26(23-13-6-20(2)7-14-23)28(27-24)25-16-8-21(3)9-17-25;;/h4-17,26H,18H2,1-3H3;2*1H4. The van der Waals surface area contributed by atoms with Gasteiger partial charge >= 0.3 is 0 Å². The number of rotatable bonds is 4. The Kier molecular flexibility index (Phi) is 7.77. The minimum Gasteiger partial charge on any atom is -0.257 e. The summed E-state index contributed by atoms with van der Waals surface area (Å²) >= 11 is 0. The van der Waals surface area contributed by atoms with E-state index >= 15 is 0 Å². The van der Waals surface area contributed by atoms with Crippen molar-refractivity contribution in [2.45, 2.75) is 48.1 Å². The molecule has 0 N–H and O–H groups in total. The van der Waals surface area contributed by atoms with Gasteiger partial charge in [0, 0.05) is 6.42 Å². The van der Waals surface area contributed by atoms with Crippen molar-refractivity contribution >= 4 is 17.5 Å². The maximum Gasteiger partial charge on any atom is 0.0831 e. The molecular formula is C28H34N2. The maximum absolute atomic E-state index is 4.96. The third-order valence-corrected chi connectivity index (χ3v) is 5.24. The SMILES string of the molecule is C.C.Cc1ccc(C=CC2=NN(c3ccc(C)cc3)C(c3ccc(C)cc3)C2)cc1. The van der Waals surface area contributed by atoms with E-state index in [0.717, 1.165) is 17.8 Å². The van der Waals surface area contributed by atoms with Crippen LogP contribution in [-0.2, 0) is 0 Å². The van der Waals surface area contributed by atoms with Crippen LogP contribution in [0, 0.1) is 20.8 Å². The van der Waals surface area contributed by atoms with Crippen molar-refractivity contribution in [3.05, 3.63) is 107 Å². The van der Waals surface area contributed by atoms with Gasteiger partial charge in [0.2, 0.25) is 0 Å². The summed E-state index contributed by atoms with van der Waals surface area (Å²) in [5.74, 6) is 0. The molecule has 1 atom stereocenters. The predicted octanol–water partition coefficient (Wildman–Crippen LogP) is 7.90. The highest BCUT2D eigenvalue weighted by Crippen LogP contribution is 2.35. The first-order chi connectivity index (χ1) is 13.6. The van der Waals surface area contributed by atoms with E-state index in [4.69, 9.17) is 5.10 Å². The predicted molar refractivity (Wildman–Crippen MR) is 133 cm³/mol. The average molecular weight is 399 g/mol. The Morgan fingerprint density at radius 1 is 0.700 bits per heavy atom. The summed E-state index contributed by atoms with van der Waals surface area (Å²) in [5, 5.41) is 7.13. The van der Waals surface area contributed by atoms with Crippen molar-refractivity contribution in [2.75, 3.05) is 5.01 Å². The minimum atomic E-state index is 0. The van der Waals surface area contributed by atoms with Crippen LogP contribution < -0.4 is 5.01 Å². The first-order valence-electron chi connectivity index (χ1n) is 9.83. The summed E-state index contributed by atoms with van der Waals surface area (Å²) in [6, 6.07) is 26.2. The first-order valence-corrected chi connectivity index (χ1v) is 9.83. The molecule has 0 spiro atoms. The summed E-state index contributed by atoms with van der Waals surface area (Å²) in [5.41, 5.74) is 8.56. The number of aryl methyl sites for hydroxylation is 3. The fourth-order valence-electron chi connectivity index (χ4n) is 3.49. The molecule has 0 saturated heterocycles. The molecular weight excluding hydrogens is 364 g/mol.